The van der Waals surface area contributed by atoms with Crippen LogP contribution >= 0.6 is 0 Å². The van der Waals surface area contributed by atoms with Crippen molar-refractivity contribution in [1.29, 1.82) is 15.8 Å². The van der Waals surface area contributed by atoms with Gasteiger partial charge < -0.3 is 8.83 Å². The third-order valence-corrected chi connectivity index (χ3v) is 5.21. The summed E-state index contributed by atoms with van der Waals surface area (Å²) in [6.07, 6.45) is 1.49. The summed E-state index contributed by atoms with van der Waals surface area (Å²) in [4.78, 5) is 12.0. The largest absolute Gasteiger partial charge is 0.415 e. The molecule has 0 fully saturated rings. The van der Waals surface area contributed by atoms with Gasteiger partial charge in [0.2, 0.25) is 11.8 Å². The summed E-state index contributed by atoms with van der Waals surface area (Å²) in [5.74, 6) is 0.447. The van der Waals surface area contributed by atoms with Crippen molar-refractivity contribution < 1.29 is 8.83 Å². The molecule has 2 aromatic carbocycles. The maximum atomic E-state index is 9.60. The molecular formula is C26H10N6O2. The second-order valence-electron chi connectivity index (χ2n) is 7.07. The zero-order valence-electron chi connectivity index (χ0n) is 17.3. The van der Waals surface area contributed by atoms with Crippen LogP contribution in [-0.4, -0.2) is 9.97 Å². The average Bonchev–Trinajstić information content (AvgIpc) is 3.53. The molecule has 2 aromatic heterocycles. The van der Waals surface area contributed by atoms with Crippen molar-refractivity contribution in [2.75, 3.05) is 0 Å². The number of fused-ring (bicyclic) bond motifs is 2. The van der Waals surface area contributed by atoms with E-state index in [0.717, 1.165) is 5.56 Å². The van der Waals surface area contributed by atoms with Crippen LogP contribution in [0.1, 0.15) is 17.0 Å². The Hall–Kier alpha value is -5.70. The molecule has 0 saturated heterocycles. The Balaban J connectivity index is 1.73. The zero-order chi connectivity index (χ0) is 23.7. The summed E-state index contributed by atoms with van der Waals surface area (Å²) >= 11 is 0. The van der Waals surface area contributed by atoms with Gasteiger partial charge in [0.15, 0.2) is 0 Å². The number of hydrogen-bond acceptors (Lipinski definition) is 7. The van der Waals surface area contributed by atoms with E-state index in [2.05, 4.69) is 14.8 Å². The number of hydrogen-bond donors (Lipinski definition) is 0. The first-order valence-corrected chi connectivity index (χ1v) is 9.89. The van der Waals surface area contributed by atoms with Crippen LogP contribution in [-0.2, 0) is 0 Å². The van der Waals surface area contributed by atoms with Crippen LogP contribution in [0.3, 0.4) is 0 Å². The standard InChI is InChI=1S/C26H10N6O2/c1-30-20(14-29)23-18-10-6-5-9-17(18)22(16(12-27)13-28)19(23)11-21-31-25-26(33-21)32-24(34-25)15-7-3-2-4-8-15/h2-11H/b19-11-,23-20-. The highest BCUT2D eigenvalue weighted by molar-refractivity contribution is 6.14. The first-order chi connectivity index (χ1) is 16.7. The SMILES string of the molecule is [C-]#[N+]/C(C#N)=C1\C(=C/c2nc3oc(-c4ccccc4)nc3o2)C(=C(C#N)C#N)c2ccccc21. The number of benzene rings is 2. The molecule has 2 heterocycles. The van der Waals surface area contributed by atoms with Crippen LogP contribution in [0.2, 0.25) is 0 Å². The second kappa shape index (κ2) is 8.09. The Morgan fingerprint density at radius 2 is 1.47 bits per heavy atom. The minimum atomic E-state index is -0.177. The Labute approximate surface area is 193 Å². The topological polar surface area (TPSA) is 128 Å². The van der Waals surface area contributed by atoms with E-state index in [9.17, 15) is 15.8 Å². The van der Waals surface area contributed by atoms with Crippen LogP contribution < -0.4 is 0 Å². The molecule has 156 valence electrons. The highest BCUT2D eigenvalue weighted by Gasteiger charge is 2.32. The fourth-order valence-corrected chi connectivity index (χ4v) is 3.82. The van der Waals surface area contributed by atoms with Crippen molar-refractivity contribution in [3.63, 3.8) is 0 Å². The molecule has 4 aromatic rings. The number of oxazole rings is 2. The lowest BCUT2D eigenvalue weighted by Gasteiger charge is -2.04. The van der Waals surface area contributed by atoms with Crippen molar-refractivity contribution >= 4 is 28.6 Å². The number of aromatic nitrogens is 2. The predicted molar refractivity (Wildman–Crippen MR) is 121 cm³/mol. The zero-order valence-corrected chi connectivity index (χ0v) is 17.3. The number of rotatable bonds is 2. The summed E-state index contributed by atoms with van der Waals surface area (Å²) in [7, 11) is 0. The van der Waals surface area contributed by atoms with Crippen LogP contribution in [0.25, 0.3) is 44.9 Å². The van der Waals surface area contributed by atoms with E-state index < -0.39 is 0 Å². The lowest BCUT2D eigenvalue weighted by molar-refractivity contribution is 0.573. The minimum absolute atomic E-state index is 0.0937. The second-order valence-corrected chi connectivity index (χ2v) is 7.07. The first-order valence-electron chi connectivity index (χ1n) is 9.89. The van der Waals surface area contributed by atoms with Gasteiger partial charge >= 0.3 is 0 Å². The normalized spacial score (nSPS) is 14.7. The van der Waals surface area contributed by atoms with Gasteiger partial charge in [-0.05, 0) is 28.8 Å². The fraction of sp³-hybridized carbons (Fsp3) is 0. The highest BCUT2D eigenvalue weighted by atomic mass is 16.4. The minimum Gasteiger partial charge on any atom is -0.415 e. The average molecular weight is 438 g/mol. The van der Waals surface area contributed by atoms with Gasteiger partial charge in [-0.25, -0.2) is 10.1 Å². The Kier molecular flexibility index (Phi) is 4.81. The molecule has 0 bridgehead atoms. The molecule has 8 nitrogen and oxygen atoms in total. The van der Waals surface area contributed by atoms with E-state index in [0.29, 0.717) is 33.7 Å². The molecule has 0 aliphatic heterocycles. The predicted octanol–water partition coefficient (Wildman–Crippen LogP) is 5.53. The van der Waals surface area contributed by atoms with E-state index in [1.165, 1.54) is 6.08 Å². The van der Waals surface area contributed by atoms with Crippen molar-refractivity contribution in [2.45, 2.75) is 0 Å². The van der Waals surface area contributed by atoms with Crippen LogP contribution in [0, 0.1) is 40.6 Å². The van der Waals surface area contributed by atoms with Crippen LogP contribution in [0.15, 0.2) is 80.3 Å². The Morgan fingerprint density at radius 1 is 0.824 bits per heavy atom. The number of nitriles is 3. The smallest absolute Gasteiger partial charge is 0.288 e. The summed E-state index contributed by atoms with van der Waals surface area (Å²) in [6.45, 7) is 7.47. The summed E-state index contributed by atoms with van der Waals surface area (Å²) in [6, 6.07) is 22.0. The molecule has 34 heavy (non-hydrogen) atoms. The van der Waals surface area contributed by atoms with Gasteiger partial charge in [0.05, 0.1) is 12.6 Å². The summed E-state index contributed by atoms with van der Waals surface area (Å²) in [5, 5.41) is 28.8. The van der Waals surface area contributed by atoms with Gasteiger partial charge in [0.25, 0.3) is 17.1 Å². The Morgan fingerprint density at radius 3 is 2.09 bits per heavy atom. The third-order valence-electron chi connectivity index (χ3n) is 5.21. The molecule has 0 atom stereocenters. The molecule has 0 unspecified atom stereocenters. The maximum absolute atomic E-state index is 9.60. The molecule has 1 aliphatic carbocycles. The van der Waals surface area contributed by atoms with Crippen LogP contribution in [0.5, 0.6) is 0 Å². The molecule has 8 heteroatoms. The molecule has 0 saturated carbocycles. The summed E-state index contributed by atoms with van der Waals surface area (Å²) in [5.41, 5.74) is 2.84. The van der Waals surface area contributed by atoms with Crippen molar-refractivity contribution in [1.82, 2.24) is 9.97 Å². The van der Waals surface area contributed by atoms with Gasteiger partial charge in [-0.2, -0.15) is 20.5 Å². The number of nitrogens with zero attached hydrogens (tertiary/aromatic N) is 6. The van der Waals surface area contributed by atoms with Crippen molar-refractivity contribution in [3.05, 3.63) is 99.9 Å². The quantitative estimate of drug-likeness (QED) is 0.297. The maximum Gasteiger partial charge on any atom is 0.288 e. The van der Waals surface area contributed by atoms with Gasteiger partial charge in [-0.15, -0.1) is 0 Å². The fourth-order valence-electron chi connectivity index (χ4n) is 3.82. The molecule has 0 amide bonds. The van der Waals surface area contributed by atoms with Gasteiger partial charge in [0, 0.05) is 22.8 Å². The Bertz CT molecular complexity index is 1600. The van der Waals surface area contributed by atoms with Gasteiger partial charge in [-0.3, -0.25) is 0 Å². The lowest BCUT2D eigenvalue weighted by Crippen LogP contribution is -1.89. The molecule has 1 aliphatic rings. The molecule has 5 rings (SSSR count). The third kappa shape index (κ3) is 3.13. The highest BCUT2D eigenvalue weighted by Crippen LogP contribution is 2.48. The molecule has 0 N–H and O–H groups in total. The van der Waals surface area contributed by atoms with Crippen LogP contribution in [0.4, 0.5) is 0 Å². The molecule has 0 spiro atoms. The number of allylic oxidation sites excluding steroid dienone is 5. The summed E-state index contributed by atoms with van der Waals surface area (Å²) < 4.78 is 11.5. The van der Waals surface area contributed by atoms with E-state index >= 15 is 0 Å². The van der Waals surface area contributed by atoms with E-state index in [1.54, 1.807) is 24.3 Å². The molecule has 0 radical (unpaired) electrons. The monoisotopic (exact) mass is 438 g/mol. The lowest BCUT2D eigenvalue weighted by atomic mass is 9.98. The van der Waals surface area contributed by atoms with Crippen molar-refractivity contribution in [2.24, 2.45) is 0 Å². The van der Waals surface area contributed by atoms with Gasteiger partial charge in [0.1, 0.15) is 17.7 Å². The van der Waals surface area contributed by atoms with E-state index in [1.807, 2.05) is 48.5 Å². The molecular weight excluding hydrogens is 428 g/mol. The van der Waals surface area contributed by atoms with E-state index in [-0.39, 0.29) is 28.6 Å². The van der Waals surface area contributed by atoms with Crippen molar-refractivity contribution in [3.8, 4) is 29.7 Å². The van der Waals surface area contributed by atoms with Gasteiger partial charge in [-0.1, -0.05) is 42.5 Å². The van der Waals surface area contributed by atoms with E-state index in [4.69, 9.17) is 15.4 Å². The first kappa shape index (κ1) is 20.2.